The van der Waals surface area contributed by atoms with Gasteiger partial charge in [0.15, 0.2) is 5.65 Å². The number of pyridine rings is 1. The summed E-state index contributed by atoms with van der Waals surface area (Å²) in [4.78, 5) is 26.3. The van der Waals surface area contributed by atoms with Crippen molar-refractivity contribution in [2.24, 2.45) is 0 Å². The second kappa shape index (κ2) is 8.70. The van der Waals surface area contributed by atoms with E-state index in [1.165, 1.54) is 19.1 Å². The first-order valence-corrected chi connectivity index (χ1v) is 10.8. The van der Waals surface area contributed by atoms with Crippen LogP contribution in [0, 0.1) is 11.8 Å². The van der Waals surface area contributed by atoms with Gasteiger partial charge < -0.3 is 25.2 Å². The number of ether oxygens (including phenoxy) is 2. The Balaban J connectivity index is 1.86. The van der Waals surface area contributed by atoms with Crippen LogP contribution in [0.2, 0.25) is 0 Å². The number of nitrogen functional groups attached to an aromatic ring is 1. The number of aromatic nitrogens is 5. The number of carbonyl (C=O) groups is 1. The van der Waals surface area contributed by atoms with E-state index in [9.17, 15) is 9.90 Å². The average Bonchev–Trinajstić information content (AvgIpc) is 3.42. The van der Waals surface area contributed by atoms with Crippen LogP contribution < -0.4 is 15.2 Å². The predicted octanol–water partition coefficient (Wildman–Crippen LogP) is 2.44. The molecule has 4 rings (SSSR count). The molecule has 1 fully saturated rings. The van der Waals surface area contributed by atoms with E-state index in [1.54, 1.807) is 16.8 Å². The second-order valence-corrected chi connectivity index (χ2v) is 9.04. The van der Waals surface area contributed by atoms with E-state index in [-0.39, 0.29) is 17.3 Å². The quantitative estimate of drug-likeness (QED) is 0.558. The Kier molecular flexibility index (Phi) is 5.91. The third-order valence-corrected chi connectivity index (χ3v) is 5.55. The van der Waals surface area contributed by atoms with Crippen molar-refractivity contribution in [3.8, 4) is 23.6 Å². The average molecular weight is 466 g/mol. The lowest BCUT2D eigenvalue weighted by Crippen LogP contribution is -2.27. The SMILES string of the molecule is COc1cc(C#Cc2nn([C@H]3CCN(C(=O)O)C3)c3nc(C(C)(C)C)nc(N)c23)cc(OC)n1. The third-order valence-electron chi connectivity index (χ3n) is 5.55. The number of hydrogen-bond acceptors (Lipinski definition) is 8. The van der Waals surface area contributed by atoms with Gasteiger partial charge in [0.2, 0.25) is 11.8 Å². The molecule has 1 atom stereocenters. The molecule has 1 amide bonds. The smallest absolute Gasteiger partial charge is 0.407 e. The summed E-state index contributed by atoms with van der Waals surface area (Å²) in [6, 6.07) is 3.19. The zero-order valence-corrected chi connectivity index (χ0v) is 19.8. The zero-order valence-electron chi connectivity index (χ0n) is 19.8. The minimum atomic E-state index is -0.955. The number of nitrogens with zero attached hydrogens (tertiary/aromatic N) is 6. The fourth-order valence-corrected chi connectivity index (χ4v) is 3.75. The van der Waals surface area contributed by atoms with Crippen molar-refractivity contribution in [2.75, 3.05) is 33.0 Å². The van der Waals surface area contributed by atoms with Crippen LogP contribution in [-0.2, 0) is 5.41 Å². The van der Waals surface area contributed by atoms with Crippen molar-refractivity contribution in [3.05, 3.63) is 29.2 Å². The molecule has 0 aromatic carbocycles. The van der Waals surface area contributed by atoms with Crippen molar-refractivity contribution in [1.82, 2.24) is 29.6 Å². The molecule has 34 heavy (non-hydrogen) atoms. The Bertz CT molecular complexity index is 1290. The van der Waals surface area contributed by atoms with Crippen molar-refractivity contribution in [2.45, 2.75) is 38.6 Å². The number of anilines is 1. The van der Waals surface area contributed by atoms with Gasteiger partial charge in [-0.1, -0.05) is 26.7 Å². The minimum Gasteiger partial charge on any atom is -0.481 e. The summed E-state index contributed by atoms with van der Waals surface area (Å²) >= 11 is 0. The van der Waals surface area contributed by atoms with Crippen LogP contribution in [0.4, 0.5) is 10.6 Å². The standard InChI is InChI=1S/C23H27N7O4/c1-23(2,3)21-26-19(24)18-15(7-6-13-10-16(33-4)25-17(11-13)34-5)28-30(20(18)27-21)14-8-9-29(12-14)22(31)32/h10-11,14H,8-9,12H2,1-5H3,(H,31,32)(H2,24,26,27)/t14-/m0/s1. The minimum absolute atomic E-state index is 0.183. The number of nitrogens with two attached hydrogens (primary N) is 1. The van der Waals surface area contributed by atoms with Crippen LogP contribution in [0.15, 0.2) is 12.1 Å². The van der Waals surface area contributed by atoms with Gasteiger partial charge in [-0.25, -0.2) is 19.4 Å². The Morgan fingerprint density at radius 2 is 1.82 bits per heavy atom. The van der Waals surface area contributed by atoms with Crippen molar-refractivity contribution >= 4 is 22.9 Å². The van der Waals surface area contributed by atoms with Crippen LogP contribution >= 0.6 is 0 Å². The molecule has 3 aromatic rings. The highest BCUT2D eigenvalue weighted by Crippen LogP contribution is 2.31. The Hall–Kier alpha value is -4.07. The van der Waals surface area contributed by atoms with E-state index in [2.05, 4.69) is 21.8 Å². The summed E-state index contributed by atoms with van der Waals surface area (Å²) in [7, 11) is 3.03. The highest BCUT2D eigenvalue weighted by Gasteiger charge is 2.31. The van der Waals surface area contributed by atoms with Crippen molar-refractivity contribution in [1.29, 1.82) is 0 Å². The fraction of sp³-hybridized carbons (Fsp3) is 0.435. The van der Waals surface area contributed by atoms with Crippen molar-refractivity contribution < 1.29 is 19.4 Å². The molecule has 1 aliphatic rings. The molecule has 178 valence electrons. The van der Waals surface area contributed by atoms with Gasteiger partial charge in [-0.2, -0.15) is 10.1 Å². The molecule has 3 N–H and O–H groups in total. The Labute approximate surface area is 196 Å². The first-order chi connectivity index (χ1) is 16.1. The van der Waals surface area contributed by atoms with Gasteiger partial charge in [0, 0.05) is 36.2 Å². The largest absolute Gasteiger partial charge is 0.481 e. The summed E-state index contributed by atoms with van der Waals surface area (Å²) in [6.45, 7) is 6.74. The number of rotatable bonds is 3. The summed E-state index contributed by atoms with van der Waals surface area (Å²) in [5.41, 5.74) is 7.62. The van der Waals surface area contributed by atoms with Gasteiger partial charge in [0.25, 0.3) is 0 Å². The van der Waals surface area contributed by atoms with E-state index in [0.29, 0.717) is 59.4 Å². The van der Waals surface area contributed by atoms with Gasteiger partial charge in [-0.15, -0.1) is 0 Å². The van der Waals surface area contributed by atoms with Gasteiger partial charge >= 0.3 is 6.09 Å². The van der Waals surface area contributed by atoms with Gasteiger partial charge in [-0.05, 0) is 12.3 Å². The van der Waals surface area contributed by atoms with E-state index in [4.69, 9.17) is 25.3 Å². The number of hydrogen-bond donors (Lipinski definition) is 2. The lowest BCUT2D eigenvalue weighted by atomic mass is 9.95. The topological polar surface area (TPSA) is 142 Å². The lowest BCUT2D eigenvalue weighted by molar-refractivity contribution is 0.154. The maximum Gasteiger partial charge on any atom is 0.407 e. The molecular weight excluding hydrogens is 438 g/mol. The number of methoxy groups -OCH3 is 2. The first-order valence-electron chi connectivity index (χ1n) is 10.8. The van der Waals surface area contributed by atoms with Gasteiger partial charge in [-0.3, -0.25) is 0 Å². The molecule has 0 bridgehead atoms. The Morgan fingerprint density at radius 3 is 2.38 bits per heavy atom. The molecule has 0 aliphatic carbocycles. The number of carboxylic acid groups (broad SMARTS) is 1. The van der Waals surface area contributed by atoms with E-state index < -0.39 is 6.09 Å². The first kappa shape index (κ1) is 23.1. The normalized spacial score (nSPS) is 15.8. The molecule has 3 aromatic heterocycles. The fourth-order valence-electron chi connectivity index (χ4n) is 3.75. The van der Waals surface area contributed by atoms with Crippen LogP contribution in [-0.4, -0.2) is 68.1 Å². The summed E-state index contributed by atoms with van der Waals surface area (Å²) in [6.07, 6.45) is -0.340. The summed E-state index contributed by atoms with van der Waals surface area (Å²) in [5.74, 6) is 7.74. The zero-order chi connectivity index (χ0) is 24.6. The van der Waals surface area contributed by atoms with Crippen LogP contribution in [0.3, 0.4) is 0 Å². The highest BCUT2D eigenvalue weighted by molar-refractivity contribution is 5.91. The number of likely N-dealkylation sites (tertiary alicyclic amines) is 1. The van der Waals surface area contributed by atoms with Crippen LogP contribution in [0.1, 0.15) is 50.3 Å². The van der Waals surface area contributed by atoms with Crippen LogP contribution in [0.25, 0.3) is 11.0 Å². The molecular formula is C23H27N7O4. The molecule has 11 heteroatoms. The number of fused-ring (bicyclic) bond motifs is 1. The predicted molar refractivity (Wildman–Crippen MR) is 125 cm³/mol. The third kappa shape index (κ3) is 4.39. The maximum absolute atomic E-state index is 11.5. The molecule has 0 saturated carbocycles. The highest BCUT2D eigenvalue weighted by atomic mass is 16.5. The van der Waals surface area contributed by atoms with Crippen LogP contribution in [0.5, 0.6) is 11.8 Å². The van der Waals surface area contributed by atoms with Gasteiger partial charge in [0.1, 0.15) is 17.3 Å². The molecule has 0 radical (unpaired) electrons. The van der Waals surface area contributed by atoms with E-state index in [1.807, 2.05) is 20.8 Å². The second-order valence-electron chi connectivity index (χ2n) is 9.04. The number of amides is 1. The molecule has 11 nitrogen and oxygen atoms in total. The van der Waals surface area contributed by atoms with E-state index in [0.717, 1.165) is 0 Å². The summed E-state index contributed by atoms with van der Waals surface area (Å²) < 4.78 is 12.2. The summed E-state index contributed by atoms with van der Waals surface area (Å²) in [5, 5.41) is 14.6. The molecule has 1 aliphatic heterocycles. The monoisotopic (exact) mass is 465 g/mol. The van der Waals surface area contributed by atoms with E-state index >= 15 is 0 Å². The molecule has 1 saturated heterocycles. The lowest BCUT2D eigenvalue weighted by Gasteiger charge is -2.18. The molecule has 0 unspecified atom stereocenters. The Morgan fingerprint density at radius 1 is 1.15 bits per heavy atom. The van der Waals surface area contributed by atoms with Crippen molar-refractivity contribution in [3.63, 3.8) is 0 Å². The van der Waals surface area contributed by atoms with Gasteiger partial charge in [0.05, 0.1) is 25.6 Å². The molecule has 0 spiro atoms. The molecule has 4 heterocycles. The maximum atomic E-state index is 11.5.